The maximum absolute atomic E-state index is 12.9. The summed E-state index contributed by atoms with van der Waals surface area (Å²) >= 11 is 12.2. The molecular weight excluding hydrogens is 429 g/mol. The molecule has 0 spiro atoms. The third-order valence-corrected chi connectivity index (χ3v) is 5.29. The van der Waals surface area contributed by atoms with Crippen LogP contribution in [0.2, 0.25) is 10.0 Å². The summed E-state index contributed by atoms with van der Waals surface area (Å²) in [5, 5.41) is 3.24. The molecule has 1 aliphatic rings. The van der Waals surface area contributed by atoms with E-state index in [-0.39, 0.29) is 31.4 Å². The Balaban J connectivity index is 1.71. The Morgan fingerprint density at radius 1 is 1.13 bits per heavy atom. The Kier molecular flexibility index (Phi) is 6.84. The van der Waals surface area contributed by atoms with Crippen LogP contribution in [0, 0.1) is 0 Å². The van der Waals surface area contributed by atoms with Crippen LogP contribution < -0.4 is 15.0 Å². The first-order valence-corrected chi connectivity index (χ1v) is 10.2. The molecule has 0 aromatic heterocycles. The number of amides is 3. The van der Waals surface area contributed by atoms with Gasteiger partial charge in [0, 0.05) is 6.54 Å². The lowest BCUT2D eigenvalue weighted by atomic mass is 10.2. The molecule has 30 heavy (non-hydrogen) atoms. The summed E-state index contributed by atoms with van der Waals surface area (Å²) in [6.07, 6.45) is -0.701. The Bertz CT molecular complexity index is 962. The normalized spacial score (nSPS) is 15.3. The smallest absolute Gasteiger partial charge is 0.268 e. The monoisotopic (exact) mass is 449 g/mol. The number of fused-ring (bicyclic) bond motifs is 1. The second kappa shape index (κ2) is 9.36. The Hall–Kier alpha value is -2.77. The van der Waals surface area contributed by atoms with Crippen LogP contribution in [0.3, 0.4) is 0 Å². The molecule has 0 fully saturated rings. The first-order valence-electron chi connectivity index (χ1n) is 9.40. The second-order valence-corrected chi connectivity index (χ2v) is 7.52. The van der Waals surface area contributed by atoms with E-state index >= 15 is 0 Å². The first kappa shape index (κ1) is 21.9. The fraction of sp³-hybridized carbons (Fsp3) is 0.286. The fourth-order valence-corrected chi connectivity index (χ4v) is 3.59. The van der Waals surface area contributed by atoms with Gasteiger partial charge in [0.05, 0.1) is 28.0 Å². The zero-order chi connectivity index (χ0) is 21.8. The van der Waals surface area contributed by atoms with Crippen LogP contribution in [-0.2, 0) is 14.4 Å². The fourth-order valence-electron chi connectivity index (χ4n) is 3.10. The topological polar surface area (TPSA) is 79.0 Å². The van der Waals surface area contributed by atoms with Gasteiger partial charge in [0.15, 0.2) is 6.10 Å². The van der Waals surface area contributed by atoms with Gasteiger partial charge in [0.2, 0.25) is 11.8 Å². The maximum Gasteiger partial charge on any atom is 0.268 e. The van der Waals surface area contributed by atoms with Crippen molar-refractivity contribution in [2.24, 2.45) is 0 Å². The number of carbonyl (C=O) groups excluding carboxylic acids is 3. The SMILES string of the molecule is CCN(CC(=O)Nc1c(Cl)cccc1Cl)C(=O)CN1C(=O)[C@H](C)Oc2ccccc21. The van der Waals surface area contributed by atoms with Crippen LogP contribution in [0.25, 0.3) is 0 Å². The molecule has 0 aliphatic carbocycles. The number of hydrogen-bond acceptors (Lipinski definition) is 4. The standard InChI is InChI=1S/C21H21Cl2N3O4/c1-3-25(11-18(27)24-20-14(22)7-6-8-15(20)23)19(28)12-26-16-9-4-5-10-17(16)30-13(2)21(26)29/h4-10,13H,3,11-12H2,1-2H3,(H,24,27)/t13-/m0/s1. The number of nitrogens with one attached hydrogen (secondary N) is 1. The van der Waals surface area contributed by atoms with Crippen LogP contribution in [-0.4, -0.2) is 48.4 Å². The van der Waals surface area contributed by atoms with Crippen molar-refractivity contribution >= 4 is 52.3 Å². The van der Waals surface area contributed by atoms with Crippen molar-refractivity contribution in [3.63, 3.8) is 0 Å². The third kappa shape index (κ3) is 4.68. The van der Waals surface area contributed by atoms with E-state index in [0.29, 0.717) is 27.2 Å². The predicted octanol–water partition coefficient (Wildman–Crippen LogP) is 3.59. The van der Waals surface area contributed by atoms with Crippen molar-refractivity contribution in [2.75, 3.05) is 29.9 Å². The van der Waals surface area contributed by atoms with Crippen molar-refractivity contribution in [3.05, 3.63) is 52.5 Å². The minimum atomic E-state index is -0.701. The molecule has 0 saturated carbocycles. The number of benzene rings is 2. The minimum Gasteiger partial charge on any atom is -0.479 e. The highest BCUT2D eigenvalue weighted by atomic mass is 35.5. The number of rotatable bonds is 6. The summed E-state index contributed by atoms with van der Waals surface area (Å²) in [5.74, 6) is -0.589. The molecule has 0 saturated heterocycles. The summed E-state index contributed by atoms with van der Waals surface area (Å²) in [7, 11) is 0. The zero-order valence-electron chi connectivity index (χ0n) is 16.5. The number of para-hydroxylation sites is 3. The zero-order valence-corrected chi connectivity index (χ0v) is 18.0. The van der Waals surface area contributed by atoms with E-state index < -0.39 is 12.0 Å². The summed E-state index contributed by atoms with van der Waals surface area (Å²) in [6, 6.07) is 11.9. The lowest BCUT2D eigenvalue weighted by Gasteiger charge is -2.33. The van der Waals surface area contributed by atoms with E-state index in [1.807, 2.05) is 0 Å². The van der Waals surface area contributed by atoms with Crippen molar-refractivity contribution in [1.29, 1.82) is 0 Å². The summed E-state index contributed by atoms with van der Waals surface area (Å²) in [6.45, 7) is 3.28. The number of carbonyl (C=O) groups is 3. The van der Waals surface area contributed by atoms with Crippen molar-refractivity contribution in [2.45, 2.75) is 20.0 Å². The molecule has 3 rings (SSSR count). The van der Waals surface area contributed by atoms with Gasteiger partial charge in [-0.25, -0.2) is 0 Å². The van der Waals surface area contributed by atoms with E-state index in [9.17, 15) is 14.4 Å². The highest BCUT2D eigenvalue weighted by Gasteiger charge is 2.33. The molecule has 1 N–H and O–H groups in total. The lowest BCUT2D eigenvalue weighted by molar-refractivity contribution is -0.135. The van der Waals surface area contributed by atoms with Crippen LogP contribution in [0.1, 0.15) is 13.8 Å². The molecule has 158 valence electrons. The van der Waals surface area contributed by atoms with Gasteiger partial charge in [-0.3, -0.25) is 19.3 Å². The molecule has 7 nitrogen and oxygen atoms in total. The average molecular weight is 450 g/mol. The van der Waals surface area contributed by atoms with Gasteiger partial charge < -0.3 is 15.0 Å². The van der Waals surface area contributed by atoms with Crippen molar-refractivity contribution in [3.8, 4) is 5.75 Å². The third-order valence-electron chi connectivity index (χ3n) is 4.66. The van der Waals surface area contributed by atoms with Gasteiger partial charge in [0.25, 0.3) is 5.91 Å². The van der Waals surface area contributed by atoms with E-state index in [4.69, 9.17) is 27.9 Å². The molecule has 9 heteroatoms. The molecule has 0 unspecified atom stereocenters. The number of halogens is 2. The van der Waals surface area contributed by atoms with Gasteiger partial charge in [-0.1, -0.05) is 41.4 Å². The number of nitrogens with zero attached hydrogens (tertiary/aromatic N) is 2. The Morgan fingerprint density at radius 2 is 1.80 bits per heavy atom. The largest absolute Gasteiger partial charge is 0.479 e. The number of anilines is 2. The van der Waals surface area contributed by atoms with E-state index in [1.54, 1.807) is 56.3 Å². The van der Waals surface area contributed by atoms with Gasteiger partial charge in [0.1, 0.15) is 12.3 Å². The van der Waals surface area contributed by atoms with Gasteiger partial charge in [-0.05, 0) is 38.1 Å². The highest BCUT2D eigenvalue weighted by Crippen LogP contribution is 2.33. The predicted molar refractivity (Wildman–Crippen MR) is 116 cm³/mol. The molecule has 1 heterocycles. The molecule has 2 aromatic rings. The van der Waals surface area contributed by atoms with E-state index in [1.165, 1.54) is 9.80 Å². The minimum absolute atomic E-state index is 0.197. The van der Waals surface area contributed by atoms with Crippen LogP contribution >= 0.6 is 23.2 Å². The Labute approximate surface area is 184 Å². The van der Waals surface area contributed by atoms with Crippen LogP contribution in [0.15, 0.2) is 42.5 Å². The summed E-state index contributed by atoms with van der Waals surface area (Å²) < 4.78 is 5.59. The molecule has 0 radical (unpaired) electrons. The summed E-state index contributed by atoms with van der Waals surface area (Å²) in [5.41, 5.74) is 0.817. The number of likely N-dealkylation sites (N-methyl/N-ethyl adjacent to an activating group) is 1. The van der Waals surface area contributed by atoms with Crippen LogP contribution in [0.5, 0.6) is 5.75 Å². The van der Waals surface area contributed by atoms with Crippen LogP contribution in [0.4, 0.5) is 11.4 Å². The second-order valence-electron chi connectivity index (χ2n) is 6.70. The first-order chi connectivity index (χ1) is 14.3. The van der Waals surface area contributed by atoms with Gasteiger partial charge >= 0.3 is 0 Å². The van der Waals surface area contributed by atoms with Gasteiger partial charge in [-0.15, -0.1) is 0 Å². The van der Waals surface area contributed by atoms with E-state index in [0.717, 1.165) is 0 Å². The quantitative estimate of drug-likeness (QED) is 0.730. The molecule has 3 amide bonds. The molecule has 2 aromatic carbocycles. The van der Waals surface area contributed by atoms with Gasteiger partial charge in [-0.2, -0.15) is 0 Å². The van der Waals surface area contributed by atoms with Crippen molar-refractivity contribution in [1.82, 2.24) is 4.90 Å². The van der Waals surface area contributed by atoms with Crippen molar-refractivity contribution < 1.29 is 19.1 Å². The molecule has 0 bridgehead atoms. The number of ether oxygens (including phenoxy) is 1. The highest BCUT2D eigenvalue weighted by molar-refractivity contribution is 6.39. The van der Waals surface area contributed by atoms with E-state index in [2.05, 4.69) is 5.32 Å². The molecular formula is C21H21Cl2N3O4. The maximum atomic E-state index is 12.9. The Morgan fingerprint density at radius 3 is 2.47 bits per heavy atom. The lowest BCUT2D eigenvalue weighted by Crippen LogP contribution is -2.50. The number of hydrogen-bond donors (Lipinski definition) is 1. The summed E-state index contributed by atoms with van der Waals surface area (Å²) in [4.78, 5) is 40.7. The molecule has 1 aliphatic heterocycles. The molecule has 1 atom stereocenters. The average Bonchev–Trinajstić information content (AvgIpc) is 2.72.